The maximum absolute atomic E-state index is 12.9. The minimum absolute atomic E-state index is 0.0288. The molecule has 0 fully saturated rings. The maximum Gasteiger partial charge on any atom is 0.340 e. The molecule has 1 atom stereocenters. The number of carbonyl (C=O) groups is 2. The molecule has 2 aromatic carbocycles. The Balaban J connectivity index is 2.16. The molecule has 1 amide bonds. The number of anilines is 1. The lowest BCUT2D eigenvalue weighted by atomic mass is 10.2. The van der Waals surface area contributed by atoms with Gasteiger partial charge in [-0.2, -0.15) is 0 Å². The first-order chi connectivity index (χ1) is 14.2. The lowest BCUT2D eigenvalue weighted by Gasteiger charge is -2.20. The smallest absolute Gasteiger partial charge is 0.340 e. The van der Waals surface area contributed by atoms with Crippen LogP contribution >= 0.6 is 11.6 Å². The van der Waals surface area contributed by atoms with Gasteiger partial charge in [-0.15, -0.1) is 0 Å². The molecular formula is C21H25ClN2O5S. The molecule has 0 spiro atoms. The van der Waals surface area contributed by atoms with Crippen molar-refractivity contribution in [3.05, 3.63) is 59.1 Å². The Kier molecular flexibility index (Phi) is 8.25. The van der Waals surface area contributed by atoms with E-state index >= 15 is 0 Å². The Bertz CT molecular complexity index is 996. The second-order valence-corrected chi connectivity index (χ2v) is 9.16. The molecule has 30 heavy (non-hydrogen) atoms. The molecular weight excluding hydrogens is 428 g/mol. The van der Waals surface area contributed by atoms with E-state index in [1.165, 1.54) is 19.2 Å². The Morgan fingerprint density at radius 3 is 2.47 bits per heavy atom. The molecule has 0 aromatic heterocycles. The van der Waals surface area contributed by atoms with E-state index in [-0.39, 0.29) is 21.5 Å². The average molecular weight is 453 g/mol. The third-order valence-electron chi connectivity index (χ3n) is 4.40. The van der Waals surface area contributed by atoms with Crippen molar-refractivity contribution < 1.29 is 22.7 Å². The van der Waals surface area contributed by atoms with Crippen LogP contribution in [0.4, 0.5) is 5.69 Å². The van der Waals surface area contributed by atoms with Crippen molar-refractivity contribution in [1.29, 1.82) is 0 Å². The first-order valence-corrected chi connectivity index (χ1v) is 11.3. The Hall–Kier alpha value is -2.58. The highest BCUT2D eigenvalue weighted by Crippen LogP contribution is 2.26. The van der Waals surface area contributed by atoms with Gasteiger partial charge in [-0.05, 0) is 43.7 Å². The fourth-order valence-electron chi connectivity index (χ4n) is 2.79. The molecule has 0 heterocycles. The van der Waals surface area contributed by atoms with E-state index in [4.69, 9.17) is 16.3 Å². The van der Waals surface area contributed by atoms with Crippen LogP contribution < -0.4 is 9.62 Å². The van der Waals surface area contributed by atoms with Crippen molar-refractivity contribution in [2.24, 2.45) is 0 Å². The highest BCUT2D eigenvalue weighted by molar-refractivity contribution is 7.92. The van der Waals surface area contributed by atoms with Crippen molar-refractivity contribution in [3.63, 3.8) is 0 Å². The van der Waals surface area contributed by atoms with Gasteiger partial charge in [-0.3, -0.25) is 9.10 Å². The molecule has 0 aliphatic carbocycles. The fraction of sp³-hybridized carbons (Fsp3) is 0.333. The molecule has 0 saturated heterocycles. The first-order valence-electron chi connectivity index (χ1n) is 9.46. The van der Waals surface area contributed by atoms with Crippen LogP contribution in [0.1, 0.15) is 37.0 Å². The van der Waals surface area contributed by atoms with Gasteiger partial charge in [0.2, 0.25) is 0 Å². The number of sulfonamides is 1. The summed E-state index contributed by atoms with van der Waals surface area (Å²) in [5, 5.41) is 2.75. The lowest BCUT2D eigenvalue weighted by molar-refractivity contribution is -0.124. The van der Waals surface area contributed by atoms with Crippen molar-refractivity contribution in [2.45, 2.75) is 37.6 Å². The molecule has 162 valence electrons. The van der Waals surface area contributed by atoms with Gasteiger partial charge in [0.1, 0.15) is 0 Å². The third-order valence-corrected chi connectivity index (χ3v) is 6.51. The zero-order chi connectivity index (χ0) is 22.3. The summed E-state index contributed by atoms with van der Waals surface area (Å²) < 4.78 is 32.0. The van der Waals surface area contributed by atoms with E-state index in [1.54, 1.807) is 30.3 Å². The summed E-state index contributed by atoms with van der Waals surface area (Å²) in [7, 11) is -2.51. The van der Waals surface area contributed by atoms with Gasteiger partial charge in [0.05, 0.1) is 21.2 Å². The Morgan fingerprint density at radius 1 is 1.17 bits per heavy atom. The lowest BCUT2D eigenvalue weighted by Crippen LogP contribution is -2.35. The Labute approximate surface area is 182 Å². The number of para-hydroxylation sites is 1. The number of benzene rings is 2. The number of ether oxygens (including phenoxy) is 1. The van der Waals surface area contributed by atoms with Gasteiger partial charge in [0.25, 0.3) is 15.9 Å². The largest absolute Gasteiger partial charge is 0.452 e. The number of esters is 1. The van der Waals surface area contributed by atoms with Crippen LogP contribution in [-0.4, -0.2) is 40.0 Å². The zero-order valence-corrected chi connectivity index (χ0v) is 18.7. The number of nitrogens with zero attached hydrogens (tertiary/aromatic N) is 1. The van der Waals surface area contributed by atoms with Gasteiger partial charge >= 0.3 is 5.97 Å². The zero-order valence-electron chi connectivity index (χ0n) is 17.1. The number of hydrogen-bond donors (Lipinski definition) is 1. The number of carbonyl (C=O) groups excluding carboxylic acids is 2. The minimum Gasteiger partial charge on any atom is -0.452 e. The van der Waals surface area contributed by atoms with E-state index in [1.807, 2.05) is 13.8 Å². The quantitative estimate of drug-likeness (QED) is 0.586. The van der Waals surface area contributed by atoms with E-state index in [0.717, 1.165) is 23.2 Å². The second-order valence-electron chi connectivity index (χ2n) is 6.78. The highest BCUT2D eigenvalue weighted by atomic mass is 35.5. The highest BCUT2D eigenvalue weighted by Gasteiger charge is 2.24. The number of amides is 1. The summed E-state index contributed by atoms with van der Waals surface area (Å²) in [4.78, 5) is 24.2. The molecule has 0 saturated carbocycles. The summed E-state index contributed by atoms with van der Waals surface area (Å²) in [6.45, 7) is 3.38. The molecule has 7 nitrogen and oxygen atoms in total. The van der Waals surface area contributed by atoms with Crippen molar-refractivity contribution in [2.75, 3.05) is 18.0 Å². The molecule has 2 rings (SSSR count). The van der Waals surface area contributed by atoms with Gasteiger partial charge in [-0.25, -0.2) is 13.2 Å². The molecule has 0 unspecified atom stereocenters. The molecule has 9 heteroatoms. The predicted molar refractivity (Wildman–Crippen MR) is 116 cm³/mol. The van der Waals surface area contributed by atoms with Gasteiger partial charge in [0.15, 0.2) is 6.61 Å². The van der Waals surface area contributed by atoms with E-state index < -0.39 is 28.5 Å². The van der Waals surface area contributed by atoms with Gasteiger partial charge in [0, 0.05) is 13.1 Å². The molecule has 0 aliphatic rings. The third kappa shape index (κ3) is 5.96. The van der Waals surface area contributed by atoms with Crippen molar-refractivity contribution in [1.82, 2.24) is 5.32 Å². The first kappa shape index (κ1) is 23.7. The summed E-state index contributed by atoms with van der Waals surface area (Å²) in [6.07, 6.45) is 1.72. The van der Waals surface area contributed by atoms with Crippen molar-refractivity contribution >= 4 is 39.2 Å². The van der Waals surface area contributed by atoms with Crippen LogP contribution in [-0.2, 0) is 19.6 Å². The fourth-order valence-corrected chi connectivity index (χ4v) is 4.20. The maximum atomic E-state index is 12.9. The van der Waals surface area contributed by atoms with E-state index in [9.17, 15) is 18.0 Å². The summed E-state index contributed by atoms with van der Waals surface area (Å²) in [6, 6.07) is 12.3. The second kappa shape index (κ2) is 10.4. The molecule has 1 N–H and O–H groups in total. The SMILES string of the molecule is CCC[C@@H](C)NC(=O)COC(=O)c1cc(S(=O)(=O)N(C)c2ccccc2)ccc1Cl. The summed E-state index contributed by atoms with van der Waals surface area (Å²) >= 11 is 6.07. The van der Waals surface area contributed by atoms with E-state index in [2.05, 4.69) is 5.32 Å². The number of halogens is 1. The predicted octanol–water partition coefficient (Wildman–Crippen LogP) is 3.63. The van der Waals surface area contributed by atoms with Crippen LogP contribution in [0.3, 0.4) is 0 Å². The molecule has 0 aliphatic heterocycles. The van der Waals surface area contributed by atoms with E-state index in [0.29, 0.717) is 5.69 Å². The summed E-state index contributed by atoms with van der Waals surface area (Å²) in [5.41, 5.74) is 0.336. The number of rotatable bonds is 9. The van der Waals surface area contributed by atoms with Gasteiger partial charge in [-0.1, -0.05) is 43.1 Å². The van der Waals surface area contributed by atoms with Crippen LogP contribution in [0.5, 0.6) is 0 Å². The number of nitrogens with one attached hydrogen (secondary N) is 1. The van der Waals surface area contributed by atoms with Crippen LogP contribution in [0.25, 0.3) is 0 Å². The van der Waals surface area contributed by atoms with Gasteiger partial charge < -0.3 is 10.1 Å². The monoisotopic (exact) mass is 452 g/mol. The molecule has 0 bridgehead atoms. The topological polar surface area (TPSA) is 92.8 Å². The standard InChI is InChI=1S/C21H25ClN2O5S/c1-4-8-15(2)23-20(25)14-29-21(26)18-13-17(11-12-19(18)22)30(27,28)24(3)16-9-6-5-7-10-16/h5-7,9-13,15H,4,8,14H2,1-3H3,(H,23,25)/t15-/m1/s1. The number of hydrogen-bond acceptors (Lipinski definition) is 5. The van der Waals surface area contributed by atoms with Crippen LogP contribution in [0.2, 0.25) is 5.02 Å². The summed E-state index contributed by atoms with van der Waals surface area (Å²) in [5.74, 6) is -1.31. The molecule has 2 aromatic rings. The normalized spacial score (nSPS) is 12.1. The molecule has 0 radical (unpaired) electrons. The average Bonchev–Trinajstić information content (AvgIpc) is 2.72. The minimum atomic E-state index is -3.93. The van der Waals surface area contributed by atoms with Crippen LogP contribution in [0.15, 0.2) is 53.4 Å². The Morgan fingerprint density at radius 2 is 1.83 bits per heavy atom. The van der Waals surface area contributed by atoms with Crippen molar-refractivity contribution in [3.8, 4) is 0 Å². The van der Waals surface area contributed by atoms with Crippen LogP contribution in [0, 0.1) is 0 Å².